The number of thioether (sulfide) groups is 1. The molecule has 5 nitrogen and oxygen atoms in total. The molecular formula is C18H14N4OS. The van der Waals surface area contributed by atoms with Gasteiger partial charge in [-0.25, -0.2) is 9.97 Å². The number of hydrogen-bond donors (Lipinski definition) is 1. The first-order valence-electron chi connectivity index (χ1n) is 7.35. The minimum atomic E-state index is -0.320. The maximum absolute atomic E-state index is 12.4. The molecule has 0 unspecified atom stereocenters. The summed E-state index contributed by atoms with van der Waals surface area (Å²) in [6, 6.07) is 16.5. The Kier molecular flexibility index (Phi) is 4.73. The van der Waals surface area contributed by atoms with Crippen LogP contribution in [-0.4, -0.2) is 21.1 Å². The van der Waals surface area contributed by atoms with Crippen LogP contribution in [0.2, 0.25) is 0 Å². The first kappa shape index (κ1) is 16.0. The van der Waals surface area contributed by atoms with Crippen LogP contribution in [0.3, 0.4) is 0 Å². The molecular weight excluding hydrogens is 320 g/mol. The largest absolute Gasteiger partial charge is 0.325 e. The molecule has 24 heavy (non-hydrogen) atoms. The fourth-order valence-corrected chi connectivity index (χ4v) is 3.08. The molecule has 0 fully saturated rings. The molecule has 1 amide bonds. The van der Waals surface area contributed by atoms with E-state index < -0.39 is 0 Å². The summed E-state index contributed by atoms with van der Waals surface area (Å²) in [5.74, 6) is -0.118. The third-order valence-corrected chi connectivity index (χ3v) is 4.56. The second-order valence-electron chi connectivity index (χ2n) is 5.13. The molecule has 1 heterocycles. The van der Waals surface area contributed by atoms with E-state index in [1.807, 2.05) is 37.3 Å². The molecule has 3 aromatic rings. The average molecular weight is 334 g/mol. The second-order valence-corrected chi connectivity index (χ2v) is 6.46. The van der Waals surface area contributed by atoms with Gasteiger partial charge in [-0.15, -0.1) is 0 Å². The highest BCUT2D eigenvalue weighted by Crippen LogP contribution is 2.28. The predicted molar refractivity (Wildman–Crippen MR) is 94.6 cm³/mol. The topological polar surface area (TPSA) is 78.7 Å². The molecule has 2 aromatic carbocycles. The maximum Gasteiger partial charge on any atom is 0.237 e. The lowest BCUT2D eigenvalue weighted by molar-refractivity contribution is -0.115. The van der Waals surface area contributed by atoms with E-state index in [9.17, 15) is 4.79 Å². The molecule has 1 aromatic heterocycles. The van der Waals surface area contributed by atoms with Gasteiger partial charge in [0.05, 0.1) is 22.4 Å². The van der Waals surface area contributed by atoms with E-state index in [1.54, 1.807) is 24.3 Å². The highest BCUT2D eigenvalue weighted by molar-refractivity contribution is 8.00. The molecule has 118 valence electrons. The number of para-hydroxylation sites is 1. The molecule has 0 saturated carbocycles. The number of hydrogen-bond acceptors (Lipinski definition) is 5. The van der Waals surface area contributed by atoms with E-state index >= 15 is 0 Å². The van der Waals surface area contributed by atoms with Gasteiger partial charge in [0.2, 0.25) is 5.91 Å². The van der Waals surface area contributed by atoms with Crippen molar-refractivity contribution in [3.8, 4) is 6.07 Å². The number of amides is 1. The van der Waals surface area contributed by atoms with Crippen molar-refractivity contribution in [2.24, 2.45) is 0 Å². The van der Waals surface area contributed by atoms with Gasteiger partial charge in [-0.3, -0.25) is 4.79 Å². The van der Waals surface area contributed by atoms with Gasteiger partial charge in [-0.1, -0.05) is 30.0 Å². The van der Waals surface area contributed by atoms with Crippen LogP contribution in [-0.2, 0) is 4.79 Å². The second kappa shape index (κ2) is 7.11. The number of aromatic nitrogens is 2. The highest BCUT2D eigenvalue weighted by Gasteiger charge is 2.17. The summed E-state index contributed by atoms with van der Waals surface area (Å²) >= 11 is 1.39. The zero-order valence-corrected chi connectivity index (χ0v) is 13.7. The van der Waals surface area contributed by atoms with Gasteiger partial charge in [0, 0.05) is 11.1 Å². The number of nitrogens with zero attached hydrogens (tertiary/aromatic N) is 3. The van der Waals surface area contributed by atoms with E-state index in [0.29, 0.717) is 11.3 Å². The van der Waals surface area contributed by atoms with Crippen molar-refractivity contribution in [2.75, 3.05) is 5.32 Å². The van der Waals surface area contributed by atoms with Crippen LogP contribution < -0.4 is 5.32 Å². The standard InChI is InChI=1S/C18H14N4OS/c1-12(17(23)22-14-8-6-13(10-19)7-9-14)24-18-15-4-2-3-5-16(15)20-11-21-18/h2-9,11-12H,1H3,(H,22,23)/t12-/m0/s1. The van der Waals surface area contributed by atoms with Gasteiger partial charge >= 0.3 is 0 Å². The Morgan fingerprint density at radius 3 is 2.67 bits per heavy atom. The van der Waals surface area contributed by atoms with Crippen molar-refractivity contribution in [3.05, 3.63) is 60.4 Å². The number of nitriles is 1. The van der Waals surface area contributed by atoms with Crippen molar-refractivity contribution in [2.45, 2.75) is 17.2 Å². The summed E-state index contributed by atoms with van der Waals surface area (Å²) in [5.41, 5.74) is 2.08. The normalized spacial score (nSPS) is 11.7. The Bertz CT molecular complexity index is 913. The highest BCUT2D eigenvalue weighted by atomic mass is 32.2. The fraction of sp³-hybridized carbons (Fsp3) is 0.111. The zero-order chi connectivity index (χ0) is 16.9. The predicted octanol–water partition coefficient (Wildman–Crippen LogP) is 3.62. The Morgan fingerprint density at radius 2 is 1.92 bits per heavy atom. The van der Waals surface area contributed by atoms with Crippen LogP contribution in [0, 0.1) is 11.3 Å². The fourth-order valence-electron chi connectivity index (χ4n) is 2.17. The van der Waals surface area contributed by atoms with Crippen LogP contribution in [0.15, 0.2) is 59.9 Å². The van der Waals surface area contributed by atoms with E-state index in [2.05, 4.69) is 15.3 Å². The number of rotatable bonds is 4. The molecule has 0 aliphatic heterocycles. The summed E-state index contributed by atoms with van der Waals surface area (Å²) < 4.78 is 0. The lowest BCUT2D eigenvalue weighted by Gasteiger charge is -2.12. The van der Waals surface area contributed by atoms with Crippen molar-refractivity contribution >= 4 is 34.3 Å². The van der Waals surface area contributed by atoms with Gasteiger partial charge in [0.1, 0.15) is 11.4 Å². The summed E-state index contributed by atoms with van der Waals surface area (Å²) in [4.78, 5) is 20.9. The minimum absolute atomic E-state index is 0.118. The number of benzene rings is 2. The third kappa shape index (κ3) is 3.53. The number of carbonyl (C=O) groups is 1. The number of nitrogens with one attached hydrogen (secondary N) is 1. The molecule has 1 atom stereocenters. The Hall–Kier alpha value is -2.91. The molecule has 3 rings (SSSR count). The zero-order valence-electron chi connectivity index (χ0n) is 12.9. The molecule has 6 heteroatoms. The van der Waals surface area contributed by atoms with Gasteiger partial charge in [-0.05, 0) is 37.3 Å². The van der Waals surface area contributed by atoms with Gasteiger partial charge < -0.3 is 5.32 Å². The van der Waals surface area contributed by atoms with Gasteiger partial charge in [-0.2, -0.15) is 5.26 Å². The molecule has 0 radical (unpaired) electrons. The van der Waals surface area contributed by atoms with Crippen LogP contribution in [0.1, 0.15) is 12.5 Å². The summed E-state index contributed by atoms with van der Waals surface area (Å²) in [6.45, 7) is 1.83. The third-order valence-electron chi connectivity index (χ3n) is 3.45. The van der Waals surface area contributed by atoms with Gasteiger partial charge in [0.25, 0.3) is 0 Å². The monoisotopic (exact) mass is 334 g/mol. The molecule has 1 N–H and O–H groups in total. The first-order chi connectivity index (χ1) is 11.7. The lowest BCUT2D eigenvalue weighted by atomic mass is 10.2. The van der Waals surface area contributed by atoms with Crippen LogP contribution in [0.4, 0.5) is 5.69 Å². The number of carbonyl (C=O) groups excluding carboxylic acids is 1. The molecule has 0 aliphatic rings. The molecule has 0 spiro atoms. The van der Waals surface area contributed by atoms with E-state index in [-0.39, 0.29) is 11.2 Å². The van der Waals surface area contributed by atoms with Crippen molar-refractivity contribution in [1.82, 2.24) is 9.97 Å². The van der Waals surface area contributed by atoms with E-state index in [4.69, 9.17) is 5.26 Å². The van der Waals surface area contributed by atoms with Crippen LogP contribution >= 0.6 is 11.8 Å². The smallest absolute Gasteiger partial charge is 0.237 e. The Labute approximate surface area is 143 Å². The summed E-state index contributed by atoms with van der Waals surface area (Å²) in [7, 11) is 0. The minimum Gasteiger partial charge on any atom is -0.325 e. The Morgan fingerprint density at radius 1 is 1.17 bits per heavy atom. The first-order valence-corrected chi connectivity index (χ1v) is 8.23. The Balaban J connectivity index is 1.72. The molecule has 0 saturated heterocycles. The average Bonchev–Trinajstić information content (AvgIpc) is 2.62. The van der Waals surface area contributed by atoms with Gasteiger partial charge in [0.15, 0.2) is 0 Å². The lowest BCUT2D eigenvalue weighted by Crippen LogP contribution is -2.22. The van der Waals surface area contributed by atoms with Crippen molar-refractivity contribution < 1.29 is 4.79 Å². The molecule has 0 bridgehead atoms. The van der Waals surface area contributed by atoms with Crippen molar-refractivity contribution in [3.63, 3.8) is 0 Å². The van der Waals surface area contributed by atoms with Crippen molar-refractivity contribution in [1.29, 1.82) is 5.26 Å². The summed E-state index contributed by atoms with van der Waals surface area (Å²) in [6.07, 6.45) is 1.51. The number of anilines is 1. The van der Waals surface area contributed by atoms with E-state index in [0.717, 1.165) is 15.9 Å². The molecule has 0 aliphatic carbocycles. The van der Waals surface area contributed by atoms with Crippen LogP contribution in [0.5, 0.6) is 0 Å². The quantitative estimate of drug-likeness (QED) is 0.582. The van der Waals surface area contributed by atoms with E-state index in [1.165, 1.54) is 18.1 Å². The summed E-state index contributed by atoms with van der Waals surface area (Å²) in [5, 5.41) is 13.0. The SMILES string of the molecule is C[C@H](Sc1ncnc2ccccc12)C(=O)Nc1ccc(C#N)cc1. The van der Waals surface area contributed by atoms with Crippen LogP contribution in [0.25, 0.3) is 10.9 Å². The number of fused-ring (bicyclic) bond motifs is 1. The maximum atomic E-state index is 12.4.